The first kappa shape index (κ1) is 24.1. The van der Waals surface area contributed by atoms with Gasteiger partial charge in [0.05, 0.1) is 19.3 Å². The molecule has 6 heteroatoms. The lowest BCUT2D eigenvalue weighted by molar-refractivity contribution is -0.172. The molecule has 0 atom stereocenters. The predicted molar refractivity (Wildman–Crippen MR) is 132 cm³/mol. The number of nitrogens with zero attached hydrogens (tertiary/aromatic N) is 2. The Morgan fingerprint density at radius 1 is 0.714 bits per heavy atom. The molecule has 2 saturated heterocycles. The first-order valence-corrected chi connectivity index (χ1v) is 12.4. The van der Waals surface area contributed by atoms with Crippen molar-refractivity contribution in [2.75, 3.05) is 45.9 Å². The van der Waals surface area contributed by atoms with E-state index in [2.05, 4.69) is 21.9 Å². The first-order chi connectivity index (χ1) is 17.1. The van der Waals surface area contributed by atoms with Crippen molar-refractivity contribution in [2.45, 2.75) is 24.7 Å². The van der Waals surface area contributed by atoms with E-state index < -0.39 is 5.79 Å². The molecule has 2 heterocycles. The summed E-state index contributed by atoms with van der Waals surface area (Å²) in [5.41, 5.74) is 3.13. The predicted octanol–water partition coefficient (Wildman–Crippen LogP) is 5.35. The third-order valence-electron chi connectivity index (χ3n) is 7.09. The van der Waals surface area contributed by atoms with Gasteiger partial charge in [0, 0.05) is 38.2 Å². The number of ether oxygens (including phenoxy) is 2. The van der Waals surface area contributed by atoms with E-state index in [9.17, 15) is 8.78 Å². The van der Waals surface area contributed by atoms with E-state index in [1.165, 1.54) is 24.3 Å². The van der Waals surface area contributed by atoms with E-state index in [1.807, 2.05) is 42.5 Å². The van der Waals surface area contributed by atoms with Crippen molar-refractivity contribution in [3.63, 3.8) is 0 Å². The molecule has 3 aromatic carbocycles. The maximum atomic E-state index is 13.6. The molecule has 2 fully saturated rings. The molecule has 0 N–H and O–H groups in total. The average Bonchev–Trinajstić information content (AvgIpc) is 3.38. The highest BCUT2D eigenvalue weighted by molar-refractivity contribution is 5.32. The van der Waals surface area contributed by atoms with Crippen LogP contribution in [-0.4, -0.2) is 55.7 Å². The molecule has 0 unspecified atom stereocenters. The Morgan fingerprint density at radius 2 is 1.26 bits per heavy atom. The summed E-state index contributed by atoms with van der Waals surface area (Å²) < 4.78 is 39.3. The van der Waals surface area contributed by atoms with Crippen molar-refractivity contribution in [1.29, 1.82) is 0 Å². The molecule has 2 aliphatic rings. The molecule has 4 nitrogen and oxygen atoms in total. The van der Waals surface area contributed by atoms with E-state index in [1.54, 1.807) is 0 Å². The van der Waals surface area contributed by atoms with Gasteiger partial charge in [0.15, 0.2) is 5.79 Å². The molecular weight excluding hydrogens is 446 g/mol. The molecule has 35 heavy (non-hydrogen) atoms. The van der Waals surface area contributed by atoms with Crippen molar-refractivity contribution in [3.05, 3.63) is 107 Å². The fraction of sp³-hybridized carbons (Fsp3) is 0.379. The summed E-state index contributed by atoms with van der Waals surface area (Å²) in [6, 6.07) is 23.5. The van der Waals surface area contributed by atoms with Crippen LogP contribution in [0.4, 0.5) is 8.78 Å². The molecule has 0 amide bonds. The Bertz CT molecular complexity index is 1020. The van der Waals surface area contributed by atoms with Crippen LogP contribution in [0, 0.1) is 11.6 Å². The van der Waals surface area contributed by atoms with Gasteiger partial charge in [-0.05, 0) is 48.4 Å². The summed E-state index contributed by atoms with van der Waals surface area (Å²) in [4.78, 5) is 4.89. The zero-order valence-electron chi connectivity index (χ0n) is 19.9. The quantitative estimate of drug-likeness (QED) is 0.436. The normalized spacial score (nSPS) is 18.8. The minimum atomic E-state index is -0.626. The van der Waals surface area contributed by atoms with Crippen molar-refractivity contribution >= 4 is 0 Å². The Kier molecular flexibility index (Phi) is 7.54. The fourth-order valence-corrected chi connectivity index (χ4v) is 5.29. The summed E-state index contributed by atoms with van der Waals surface area (Å²) in [5.74, 6) is -1.13. The van der Waals surface area contributed by atoms with Crippen LogP contribution >= 0.6 is 0 Å². The monoisotopic (exact) mass is 478 g/mol. The third-order valence-corrected chi connectivity index (χ3v) is 7.09. The van der Waals surface area contributed by atoms with Gasteiger partial charge in [0.2, 0.25) is 0 Å². The van der Waals surface area contributed by atoms with Gasteiger partial charge in [-0.1, -0.05) is 54.6 Å². The van der Waals surface area contributed by atoms with Gasteiger partial charge in [-0.2, -0.15) is 0 Å². The zero-order chi connectivity index (χ0) is 24.1. The molecule has 184 valence electrons. The smallest absolute Gasteiger partial charge is 0.195 e. The van der Waals surface area contributed by atoms with E-state index in [0.29, 0.717) is 13.2 Å². The van der Waals surface area contributed by atoms with Gasteiger partial charge < -0.3 is 14.4 Å². The van der Waals surface area contributed by atoms with Gasteiger partial charge in [-0.25, -0.2) is 8.78 Å². The summed E-state index contributed by atoms with van der Waals surface area (Å²) in [7, 11) is 0. The van der Waals surface area contributed by atoms with Crippen molar-refractivity contribution in [3.8, 4) is 0 Å². The molecule has 0 bridgehead atoms. The highest BCUT2D eigenvalue weighted by atomic mass is 19.1. The van der Waals surface area contributed by atoms with Crippen LogP contribution in [0.25, 0.3) is 0 Å². The van der Waals surface area contributed by atoms with Crippen molar-refractivity contribution < 1.29 is 18.3 Å². The molecular formula is C29H32F2N2O2. The highest BCUT2D eigenvalue weighted by Crippen LogP contribution is 2.36. The van der Waals surface area contributed by atoms with E-state index in [-0.39, 0.29) is 17.7 Å². The lowest BCUT2D eigenvalue weighted by atomic mass is 9.96. The number of halogens is 2. The lowest BCUT2D eigenvalue weighted by Crippen LogP contribution is -2.48. The molecule has 2 aliphatic heterocycles. The largest absolute Gasteiger partial charge is 0.343 e. The molecule has 0 radical (unpaired) electrons. The summed E-state index contributed by atoms with van der Waals surface area (Å²) in [6.45, 7) is 5.89. The van der Waals surface area contributed by atoms with E-state index in [0.717, 1.165) is 62.3 Å². The number of hydrogen-bond donors (Lipinski definition) is 0. The summed E-state index contributed by atoms with van der Waals surface area (Å²) >= 11 is 0. The number of piperazine rings is 1. The Hall–Kier alpha value is -2.64. The third kappa shape index (κ3) is 5.62. The Morgan fingerprint density at radius 3 is 1.80 bits per heavy atom. The van der Waals surface area contributed by atoms with Gasteiger partial charge in [-0.15, -0.1) is 0 Å². The Labute approximate surface area is 206 Å². The van der Waals surface area contributed by atoms with Crippen molar-refractivity contribution in [1.82, 2.24) is 9.80 Å². The molecule has 0 spiro atoms. The van der Waals surface area contributed by atoms with Crippen LogP contribution in [0.15, 0.2) is 78.9 Å². The Balaban J connectivity index is 1.20. The van der Waals surface area contributed by atoms with Crippen molar-refractivity contribution in [2.24, 2.45) is 0 Å². The number of hydrogen-bond acceptors (Lipinski definition) is 4. The summed E-state index contributed by atoms with van der Waals surface area (Å²) in [5, 5.41) is 0. The van der Waals surface area contributed by atoms with Gasteiger partial charge in [0.1, 0.15) is 11.6 Å². The van der Waals surface area contributed by atoms with Crippen LogP contribution < -0.4 is 0 Å². The van der Waals surface area contributed by atoms with Crippen LogP contribution in [0.2, 0.25) is 0 Å². The fourth-order valence-electron chi connectivity index (χ4n) is 5.29. The average molecular weight is 479 g/mol. The highest BCUT2D eigenvalue weighted by Gasteiger charge is 2.38. The second-order valence-corrected chi connectivity index (χ2v) is 9.30. The van der Waals surface area contributed by atoms with Gasteiger partial charge in [-0.3, -0.25) is 4.90 Å². The van der Waals surface area contributed by atoms with E-state index >= 15 is 0 Å². The molecule has 5 rings (SSSR count). The second kappa shape index (κ2) is 11.0. The SMILES string of the molecule is Fc1ccc(C(c2ccc(F)cc2)N2CCN(CCCC3(c4ccccc4)OCCO3)CC2)cc1. The summed E-state index contributed by atoms with van der Waals surface area (Å²) in [6.07, 6.45) is 1.80. The van der Waals surface area contributed by atoms with Gasteiger partial charge in [0.25, 0.3) is 0 Å². The minimum absolute atomic E-state index is 0.0278. The minimum Gasteiger partial charge on any atom is -0.343 e. The topological polar surface area (TPSA) is 24.9 Å². The van der Waals surface area contributed by atoms with Crippen LogP contribution in [0.5, 0.6) is 0 Å². The standard InChI is InChI=1S/C29H32F2N2O2/c30-26-11-7-23(8-12-26)28(24-9-13-27(31)14-10-24)33-19-17-32(18-20-33)16-4-15-29(34-21-22-35-29)25-5-2-1-3-6-25/h1-3,5-14,28H,4,15-22H2. The van der Waals surface area contributed by atoms with Gasteiger partial charge >= 0.3 is 0 Å². The number of rotatable bonds is 8. The maximum absolute atomic E-state index is 13.6. The maximum Gasteiger partial charge on any atom is 0.195 e. The first-order valence-electron chi connectivity index (χ1n) is 12.4. The molecule has 0 aromatic heterocycles. The molecule has 3 aromatic rings. The second-order valence-electron chi connectivity index (χ2n) is 9.30. The number of benzene rings is 3. The van der Waals surface area contributed by atoms with Crippen LogP contribution in [0.1, 0.15) is 35.6 Å². The molecule has 0 saturated carbocycles. The van der Waals surface area contributed by atoms with E-state index in [4.69, 9.17) is 9.47 Å². The van der Waals surface area contributed by atoms with Crippen LogP contribution in [-0.2, 0) is 15.3 Å². The zero-order valence-corrected chi connectivity index (χ0v) is 19.9. The van der Waals surface area contributed by atoms with Crippen LogP contribution in [0.3, 0.4) is 0 Å². The molecule has 0 aliphatic carbocycles. The lowest BCUT2D eigenvalue weighted by Gasteiger charge is -2.40.